The summed E-state index contributed by atoms with van der Waals surface area (Å²) >= 11 is 0. The molecule has 3 aromatic rings. The van der Waals surface area contributed by atoms with Gasteiger partial charge in [0.05, 0.1) is 23.1 Å². The fraction of sp³-hybridized carbons (Fsp3) is 0.238. The maximum absolute atomic E-state index is 14.0. The first-order chi connectivity index (χ1) is 14.9. The van der Waals surface area contributed by atoms with E-state index in [0.717, 1.165) is 0 Å². The molecule has 1 aliphatic heterocycles. The smallest absolute Gasteiger partial charge is 0.259 e. The molecule has 0 radical (unpaired) electrons. The van der Waals surface area contributed by atoms with Gasteiger partial charge >= 0.3 is 0 Å². The normalized spacial score (nSPS) is 14.2. The minimum Gasteiger partial charge on any atom is -0.317 e. The summed E-state index contributed by atoms with van der Waals surface area (Å²) in [6.07, 6.45) is 2.46. The van der Waals surface area contributed by atoms with E-state index in [1.165, 1.54) is 29.1 Å². The molecule has 0 atom stereocenters. The lowest BCUT2D eigenvalue weighted by Crippen LogP contribution is -2.29. The number of anilines is 1. The molecule has 5 nitrogen and oxygen atoms in total. The van der Waals surface area contributed by atoms with Gasteiger partial charge < -0.3 is 10.6 Å². The highest BCUT2D eigenvalue weighted by molar-refractivity contribution is 6.05. The number of nitrogens with zero attached hydrogens (tertiary/aromatic N) is 2. The monoisotopic (exact) mass is 472 g/mol. The van der Waals surface area contributed by atoms with Crippen LogP contribution in [0.15, 0.2) is 36.5 Å². The van der Waals surface area contributed by atoms with Crippen LogP contribution in [0.1, 0.15) is 34.8 Å². The number of piperidine rings is 1. The molecule has 0 spiro atoms. The minimum atomic E-state index is -1.71. The molecule has 1 saturated heterocycles. The molecular formula is C21H18ClF5N4O. The molecule has 11 heteroatoms. The molecule has 0 aliphatic carbocycles. The third-order valence-corrected chi connectivity index (χ3v) is 5.18. The predicted octanol–water partition coefficient (Wildman–Crippen LogP) is 4.71. The number of amides is 1. The molecule has 2 N–H and O–H groups in total. The lowest BCUT2D eigenvalue weighted by Gasteiger charge is -2.24. The van der Waals surface area contributed by atoms with Crippen LogP contribution in [0.2, 0.25) is 0 Å². The number of benzene rings is 2. The summed E-state index contributed by atoms with van der Waals surface area (Å²) in [5, 5.41) is 9.29. The van der Waals surface area contributed by atoms with Crippen molar-refractivity contribution in [1.29, 1.82) is 0 Å². The second kappa shape index (κ2) is 9.66. The van der Waals surface area contributed by atoms with Crippen LogP contribution in [-0.4, -0.2) is 28.8 Å². The molecule has 1 fully saturated rings. The van der Waals surface area contributed by atoms with Gasteiger partial charge in [-0.1, -0.05) is 6.07 Å². The van der Waals surface area contributed by atoms with Gasteiger partial charge in [-0.25, -0.2) is 26.6 Å². The molecule has 32 heavy (non-hydrogen) atoms. The first kappa shape index (κ1) is 23.7. The van der Waals surface area contributed by atoms with Crippen molar-refractivity contribution in [2.24, 2.45) is 0 Å². The van der Waals surface area contributed by atoms with Gasteiger partial charge in [-0.05, 0) is 44.1 Å². The van der Waals surface area contributed by atoms with E-state index in [1.54, 1.807) is 6.07 Å². The summed E-state index contributed by atoms with van der Waals surface area (Å²) in [5.74, 6) is -8.35. The summed E-state index contributed by atoms with van der Waals surface area (Å²) < 4.78 is 70.2. The maximum atomic E-state index is 14.0. The Bertz CT molecular complexity index is 1120. The number of carbonyl (C=O) groups excluding carboxylic acids is 1. The van der Waals surface area contributed by atoms with Crippen molar-refractivity contribution in [3.63, 3.8) is 0 Å². The van der Waals surface area contributed by atoms with Crippen molar-refractivity contribution in [1.82, 2.24) is 15.1 Å². The van der Waals surface area contributed by atoms with Crippen LogP contribution in [-0.2, 0) is 0 Å². The second-order valence-corrected chi connectivity index (χ2v) is 7.16. The Kier molecular flexibility index (Phi) is 7.15. The average molecular weight is 473 g/mol. The molecule has 2 aromatic carbocycles. The van der Waals surface area contributed by atoms with Gasteiger partial charge in [-0.15, -0.1) is 12.4 Å². The number of hydrogen-bond acceptors (Lipinski definition) is 3. The SMILES string of the molecule is Cl.O=C(Nc1c(F)c(F)cc(F)c1F)c1cnn(-c2cccc(F)c2)c1C1CCNCC1. The van der Waals surface area contributed by atoms with Crippen LogP contribution < -0.4 is 10.6 Å². The molecule has 1 amide bonds. The van der Waals surface area contributed by atoms with Crippen LogP contribution in [0.3, 0.4) is 0 Å². The van der Waals surface area contributed by atoms with Crippen LogP contribution >= 0.6 is 12.4 Å². The van der Waals surface area contributed by atoms with E-state index >= 15 is 0 Å². The Morgan fingerprint density at radius 1 is 1.03 bits per heavy atom. The molecule has 1 aliphatic rings. The number of nitrogens with one attached hydrogen (secondary N) is 2. The van der Waals surface area contributed by atoms with Crippen molar-refractivity contribution in [3.05, 3.63) is 76.9 Å². The number of aromatic nitrogens is 2. The van der Waals surface area contributed by atoms with Gasteiger partial charge in [0.2, 0.25) is 0 Å². The van der Waals surface area contributed by atoms with E-state index in [4.69, 9.17) is 0 Å². The van der Waals surface area contributed by atoms with Crippen molar-refractivity contribution in [2.45, 2.75) is 18.8 Å². The van der Waals surface area contributed by atoms with E-state index < -0.39 is 40.7 Å². The van der Waals surface area contributed by atoms with Crippen LogP contribution in [0.5, 0.6) is 0 Å². The summed E-state index contributed by atoms with van der Waals surface area (Å²) in [6.45, 7) is 1.33. The zero-order chi connectivity index (χ0) is 22.1. The molecule has 0 bridgehead atoms. The summed E-state index contributed by atoms with van der Waals surface area (Å²) in [4.78, 5) is 12.9. The number of hydrogen-bond donors (Lipinski definition) is 2. The number of rotatable bonds is 4. The topological polar surface area (TPSA) is 59.0 Å². The second-order valence-electron chi connectivity index (χ2n) is 7.16. The zero-order valence-corrected chi connectivity index (χ0v) is 17.3. The third-order valence-electron chi connectivity index (χ3n) is 5.18. The first-order valence-corrected chi connectivity index (χ1v) is 9.55. The average Bonchev–Trinajstić information content (AvgIpc) is 3.21. The third kappa shape index (κ3) is 4.46. The minimum absolute atomic E-state index is 0. The molecule has 2 heterocycles. The molecular weight excluding hydrogens is 455 g/mol. The van der Waals surface area contributed by atoms with Crippen molar-refractivity contribution in [3.8, 4) is 5.69 Å². The van der Waals surface area contributed by atoms with E-state index in [9.17, 15) is 26.7 Å². The Morgan fingerprint density at radius 2 is 1.69 bits per heavy atom. The van der Waals surface area contributed by atoms with Gasteiger partial charge in [0.25, 0.3) is 5.91 Å². The number of halogens is 6. The number of carbonyl (C=O) groups is 1. The maximum Gasteiger partial charge on any atom is 0.259 e. The van der Waals surface area contributed by atoms with E-state index in [0.29, 0.717) is 37.3 Å². The van der Waals surface area contributed by atoms with Crippen molar-refractivity contribution in [2.75, 3.05) is 18.4 Å². The quantitative estimate of drug-likeness (QED) is 0.427. The highest BCUT2D eigenvalue weighted by Gasteiger charge is 2.29. The van der Waals surface area contributed by atoms with Gasteiger partial charge in [0, 0.05) is 12.0 Å². The summed E-state index contributed by atoms with van der Waals surface area (Å²) in [6, 6.07) is 5.64. The highest BCUT2D eigenvalue weighted by Crippen LogP contribution is 2.32. The van der Waals surface area contributed by atoms with Crippen LogP contribution in [0.4, 0.5) is 27.6 Å². The van der Waals surface area contributed by atoms with Gasteiger partial charge in [-0.3, -0.25) is 4.79 Å². The Morgan fingerprint density at radius 3 is 2.31 bits per heavy atom. The Labute approximate surface area is 186 Å². The van der Waals surface area contributed by atoms with Crippen molar-refractivity contribution >= 4 is 24.0 Å². The standard InChI is InChI=1S/C21H17F5N4O.ClH/c22-12-2-1-3-13(8-12)30-20(11-4-6-27-7-5-11)14(10-28-30)21(31)29-19-17(25)15(23)9-16(24)18(19)26;/h1-3,8-11,27H,4-7H2,(H,29,31);1H. The lowest BCUT2D eigenvalue weighted by molar-refractivity contribution is 0.102. The molecule has 1 aromatic heterocycles. The Hall–Kier alpha value is -2.98. The highest BCUT2D eigenvalue weighted by atomic mass is 35.5. The fourth-order valence-electron chi connectivity index (χ4n) is 3.70. The Balaban J connectivity index is 0.00000289. The van der Waals surface area contributed by atoms with Crippen LogP contribution in [0, 0.1) is 29.1 Å². The molecule has 170 valence electrons. The molecule has 4 rings (SSSR count). The van der Waals surface area contributed by atoms with Crippen LogP contribution in [0.25, 0.3) is 5.69 Å². The van der Waals surface area contributed by atoms with Crippen molar-refractivity contribution < 1.29 is 26.7 Å². The molecule has 0 unspecified atom stereocenters. The van der Waals surface area contributed by atoms with Gasteiger partial charge in [-0.2, -0.15) is 5.10 Å². The van der Waals surface area contributed by atoms with E-state index in [2.05, 4.69) is 10.4 Å². The van der Waals surface area contributed by atoms with Gasteiger partial charge in [0.1, 0.15) is 11.5 Å². The van der Waals surface area contributed by atoms with E-state index in [-0.39, 0.29) is 30.0 Å². The zero-order valence-electron chi connectivity index (χ0n) is 16.5. The fourth-order valence-corrected chi connectivity index (χ4v) is 3.70. The largest absolute Gasteiger partial charge is 0.317 e. The molecule has 0 saturated carbocycles. The van der Waals surface area contributed by atoms with E-state index in [1.807, 2.05) is 5.32 Å². The summed E-state index contributed by atoms with van der Waals surface area (Å²) in [7, 11) is 0. The summed E-state index contributed by atoms with van der Waals surface area (Å²) in [5.41, 5.74) is -0.471. The first-order valence-electron chi connectivity index (χ1n) is 9.55. The predicted molar refractivity (Wildman–Crippen MR) is 110 cm³/mol. The lowest BCUT2D eigenvalue weighted by atomic mass is 9.91. The van der Waals surface area contributed by atoms with Gasteiger partial charge in [0.15, 0.2) is 23.3 Å².